The molecule has 1 aliphatic carbocycles. The van der Waals surface area contributed by atoms with Gasteiger partial charge in [-0.2, -0.15) is 0 Å². The van der Waals surface area contributed by atoms with Crippen LogP contribution in [0.2, 0.25) is 0 Å². The highest BCUT2D eigenvalue weighted by Gasteiger charge is 2.18. The Hall–Kier alpha value is -1.09. The summed E-state index contributed by atoms with van der Waals surface area (Å²) in [5.74, 6) is 0.915. The first kappa shape index (κ1) is 12.4. The van der Waals surface area contributed by atoms with Gasteiger partial charge in [0.05, 0.1) is 13.3 Å². The van der Waals surface area contributed by atoms with Crippen molar-refractivity contribution in [2.45, 2.75) is 38.1 Å². The molecule has 1 aromatic rings. The zero-order chi connectivity index (χ0) is 12.1. The average molecular weight is 237 g/mol. The number of ether oxygens (including phenoxy) is 1. The lowest BCUT2D eigenvalue weighted by Crippen LogP contribution is -2.05. The molecule has 0 amide bonds. The van der Waals surface area contributed by atoms with Gasteiger partial charge in [0, 0.05) is 6.04 Å². The van der Waals surface area contributed by atoms with Gasteiger partial charge in [-0.1, -0.05) is 6.07 Å². The molecule has 0 radical (unpaired) electrons. The Labute approximate surface area is 102 Å². The SMILES string of the molecule is N[C@@H]1CCc2cc(OCCCCCF)ccc21. The van der Waals surface area contributed by atoms with Gasteiger partial charge in [0.15, 0.2) is 0 Å². The maximum Gasteiger partial charge on any atom is 0.119 e. The molecule has 1 aromatic carbocycles. The Morgan fingerprint density at radius 3 is 3.00 bits per heavy atom. The van der Waals surface area contributed by atoms with E-state index in [1.54, 1.807) is 0 Å². The molecule has 0 heterocycles. The van der Waals surface area contributed by atoms with E-state index in [4.69, 9.17) is 10.5 Å². The van der Waals surface area contributed by atoms with E-state index < -0.39 is 0 Å². The number of nitrogens with two attached hydrogens (primary N) is 1. The summed E-state index contributed by atoms with van der Waals surface area (Å²) in [6.45, 7) is 0.446. The third kappa shape index (κ3) is 3.19. The molecule has 0 saturated carbocycles. The van der Waals surface area contributed by atoms with Crippen molar-refractivity contribution in [2.24, 2.45) is 5.73 Å². The maximum absolute atomic E-state index is 11.9. The van der Waals surface area contributed by atoms with Gasteiger partial charge in [0.2, 0.25) is 0 Å². The summed E-state index contributed by atoms with van der Waals surface area (Å²) < 4.78 is 17.5. The monoisotopic (exact) mass is 237 g/mol. The number of hydrogen-bond donors (Lipinski definition) is 1. The van der Waals surface area contributed by atoms with Crippen LogP contribution in [0.5, 0.6) is 5.75 Å². The van der Waals surface area contributed by atoms with E-state index in [1.807, 2.05) is 6.07 Å². The van der Waals surface area contributed by atoms with Gasteiger partial charge < -0.3 is 10.5 Å². The third-order valence-corrected chi connectivity index (χ3v) is 3.29. The quantitative estimate of drug-likeness (QED) is 0.771. The molecule has 17 heavy (non-hydrogen) atoms. The fourth-order valence-electron chi connectivity index (χ4n) is 2.28. The second-order valence-corrected chi connectivity index (χ2v) is 4.60. The van der Waals surface area contributed by atoms with Crippen LogP contribution in [0.3, 0.4) is 0 Å². The lowest BCUT2D eigenvalue weighted by molar-refractivity contribution is 0.301. The largest absolute Gasteiger partial charge is 0.494 e. The molecule has 0 aliphatic heterocycles. The molecule has 0 spiro atoms. The minimum Gasteiger partial charge on any atom is -0.494 e. The Bertz CT molecular complexity index is 367. The van der Waals surface area contributed by atoms with Gasteiger partial charge in [-0.3, -0.25) is 4.39 Å². The van der Waals surface area contributed by atoms with Gasteiger partial charge in [-0.25, -0.2) is 0 Å². The molecule has 2 nitrogen and oxygen atoms in total. The predicted octanol–water partition coefficient (Wildman–Crippen LogP) is 3.15. The fourth-order valence-corrected chi connectivity index (χ4v) is 2.28. The summed E-state index contributed by atoms with van der Waals surface area (Å²) in [4.78, 5) is 0. The van der Waals surface area contributed by atoms with Crippen molar-refractivity contribution < 1.29 is 9.13 Å². The molecule has 2 N–H and O–H groups in total. The summed E-state index contributed by atoms with van der Waals surface area (Å²) >= 11 is 0. The summed E-state index contributed by atoms with van der Waals surface area (Å²) in [6, 6.07) is 6.35. The van der Waals surface area contributed by atoms with Crippen molar-refractivity contribution in [3.8, 4) is 5.75 Å². The minimum absolute atomic E-state index is 0.198. The van der Waals surface area contributed by atoms with Crippen molar-refractivity contribution in [1.82, 2.24) is 0 Å². The Morgan fingerprint density at radius 1 is 1.29 bits per heavy atom. The van der Waals surface area contributed by atoms with Crippen LogP contribution in [0.4, 0.5) is 4.39 Å². The topological polar surface area (TPSA) is 35.2 Å². The number of aryl methyl sites for hydroxylation is 1. The predicted molar refractivity (Wildman–Crippen MR) is 67.0 cm³/mol. The van der Waals surface area contributed by atoms with Crippen LogP contribution >= 0.6 is 0 Å². The third-order valence-electron chi connectivity index (χ3n) is 3.29. The number of rotatable bonds is 6. The number of benzene rings is 1. The van der Waals surface area contributed by atoms with E-state index in [9.17, 15) is 4.39 Å². The molecule has 0 aromatic heterocycles. The Morgan fingerprint density at radius 2 is 2.18 bits per heavy atom. The van der Waals surface area contributed by atoms with Crippen LogP contribution in [-0.4, -0.2) is 13.3 Å². The van der Waals surface area contributed by atoms with Crippen molar-refractivity contribution in [3.63, 3.8) is 0 Å². The second-order valence-electron chi connectivity index (χ2n) is 4.60. The molecular formula is C14H20FNO. The summed E-state index contributed by atoms with van der Waals surface area (Å²) in [5, 5.41) is 0. The molecule has 1 atom stereocenters. The first-order valence-corrected chi connectivity index (χ1v) is 6.38. The van der Waals surface area contributed by atoms with Crippen molar-refractivity contribution in [3.05, 3.63) is 29.3 Å². The molecule has 0 saturated heterocycles. The van der Waals surface area contributed by atoms with Crippen molar-refractivity contribution in [2.75, 3.05) is 13.3 Å². The maximum atomic E-state index is 11.9. The smallest absolute Gasteiger partial charge is 0.119 e. The minimum atomic E-state index is -0.225. The van der Waals surface area contributed by atoms with Crippen molar-refractivity contribution >= 4 is 0 Å². The van der Waals surface area contributed by atoms with Gasteiger partial charge in [0.1, 0.15) is 5.75 Å². The standard InChI is InChI=1S/C14H20FNO/c15-8-2-1-3-9-17-12-5-6-13-11(10-12)4-7-14(13)16/h5-6,10,14H,1-4,7-9,16H2/t14-/m1/s1. The molecular weight excluding hydrogens is 217 g/mol. The van der Waals surface area contributed by atoms with E-state index in [0.717, 1.165) is 31.4 Å². The first-order valence-electron chi connectivity index (χ1n) is 6.38. The fraction of sp³-hybridized carbons (Fsp3) is 0.571. The van der Waals surface area contributed by atoms with E-state index in [0.29, 0.717) is 13.0 Å². The first-order chi connectivity index (χ1) is 8.31. The summed E-state index contributed by atoms with van der Waals surface area (Å²) in [7, 11) is 0. The Kier molecular flexibility index (Phi) is 4.37. The zero-order valence-corrected chi connectivity index (χ0v) is 10.1. The van der Waals surface area contributed by atoms with E-state index >= 15 is 0 Å². The molecule has 0 fully saturated rings. The van der Waals surface area contributed by atoms with Gasteiger partial charge >= 0.3 is 0 Å². The molecule has 1 aliphatic rings. The molecule has 2 rings (SSSR count). The van der Waals surface area contributed by atoms with Gasteiger partial charge in [-0.05, 0) is 55.4 Å². The lowest BCUT2D eigenvalue weighted by atomic mass is 10.1. The number of hydrogen-bond acceptors (Lipinski definition) is 2. The second kappa shape index (κ2) is 6.01. The highest BCUT2D eigenvalue weighted by atomic mass is 19.1. The number of unbranched alkanes of at least 4 members (excludes halogenated alkanes) is 2. The normalized spacial score (nSPS) is 18.1. The zero-order valence-electron chi connectivity index (χ0n) is 10.1. The van der Waals surface area contributed by atoms with Gasteiger partial charge in [-0.15, -0.1) is 0 Å². The lowest BCUT2D eigenvalue weighted by Gasteiger charge is -2.09. The van der Waals surface area contributed by atoms with Crippen LogP contribution in [0.1, 0.15) is 42.9 Å². The number of alkyl halides is 1. The number of fused-ring (bicyclic) bond motifs is 1. The van der Waals surface area contributed by atoms with Crippen LogP contribution in [0, 0.1) is 0 Å². The highest BCUT2D eigenvalue weighted by Crippen LogP contribution is 2.31. The average Bonchev–Trinajstić information content (AvgIpc) is 2.71. The molecule has 94 valence electrons. The van der Waals surface area contributed by atoms with Crippen LogP contribution in [0.25, 0.3) is 0 Å². The van der Waals surface area contributed by atoms with Gasteiger partial charge in [0.25, 0.3) is 0 Å². The summed E-state index contributed by atoms with van der Waals surface area (Å²) in [6.07, 6.45) is 4.54. The Balaban J connectivity index is 1.82. The molecule has 3 heteroatoms. The van der Waals surface area contributed by atoms with Crippen LogP contribution in [-0.2, 0) is 6.42 Å². The highest BCUT2D eigenvalue weighted by molar-refractivity contribution is 5.40. The van der Waals surface area contributed by atoms with Crippen LogP contribution < -0.4 is 10.5 Å². The van der Waals surface area contributed by atoms with E-state index in [1.165, 1.54) is 11.1 Å². The number of halogens is 1. The molecule has 0 unspecified atom stereocenters. The summed E-state index contributed by atoms with van der Waals surface area (Å²) in [5.41, 5.74) is 8.55. The van der Waals surface area contributed by atoms with E-state index in [-0.39, 0.29) is 12.7 Å². The van der Waals surface area contributed by atoms with Crippen LogP contribution in [0.15, 0.2) is 18.2 Å². The van der Waals surface area contributed by atoms with Crippen molar-refractivity contribution in [1.29, 1.82) is 0 Å². The molecule has 0 bridgehead atoms. The van der Waals surface area contributed by atoms with E-state index in [2.05, 4.69) is 12.1 Å².